The van der Waals surface area contributed by atoms with Gasteiger partial charge < -0.3 is 10.2 Å². The van der Waals surface area contributed by atoms with Crippen molar-refractivity contribution in [3.8, 4) is 0 Å². The van der Waals surface area contributed by atoms with Crippen LogP contribution >= 0.6 is 11.6 Å². The minimum absolute atomic E-state index is 0.0202. The van der Waals surface area contributed by atoms with Crippen LogP contribution in [0.3, 0.4) is 0 Å². The highest BCUT2D eigenvalue weighted by Gasteiger charge is 2.30. The van der Waals surface area contributed by atoms with Gasteiger partial charge in [-0.15, -0.1) is 6.58 Å². The lowest BCUT2D eigenvalue weighted by atomic mass is 10.1. The molecule has 1 aromatic carbocycles. The Kier molecular flexibility index (Phi) is 3.90. The summed E-state index contributed by atoms with van der Waals surface area (Å²) in [6.07, 6.45) is 2.23. The standard InChI is InChI=1S/C14H15ClN2O2/c1-3-10-6-14(19)17(8-10)13-7-11(16-9(2)18)4-5-12(13)15/h3-5,7,10H,1,6,8H2,2H3,(H,16,18). The number of carbonyl (C=O) groups excluding carboxylic acids is 2. The molecule has 1 unspecified atom stereocenters. The van der Waals surface area contributed by atoms with Gasteiger partial charge in [0.05, 0.1) is 10.7 Å². The van der Waals surface area contributed by atoms with E-state index in [2.05, 4.69) is 11.9 Å². The van der Waals surface area contributed by atoms with Crippen LogP contribution in [0.2, 0.25) is 5.02 Å². The topological polar surface area (TPSA) is 49.4 Å². The lowest BCUT2D eigenvalue weighted by molar-refractivity contribution is -0.117. The van der Waals surface area contributed by atoms with Crippen molar-refractivity contribution in [3.63, 3.8) is 0 Å². The summed E-state index contributed by atoms with van der Waals surface area (Å²) in [7, 11) is 0. The highest BCUT2D eigenvalue weighted by molar-refractivity contribution is 6.34. The molecule has 0 bridgehead atoms. The Morgan fingerprint density at radius 1 is 1.58 bits per heavy atom. The molecule has 1 aromatic rings. The van der Waals surface area contributed by atoms with Crippen molar-refractivity contribution in [3.05, 3.63) is 35.9 Å². The molecule has 2 amide bonds. The van der Waals surface area contributed by atoms with Crippen LogP contribution in [-0.2, 0) is 9.59 Å². The molecule has 0 aliphatic carbocycles. The Morgan fingerprint density at radius 2 is 2.32 bits per heavy atom. The third-order valence-electron chi connectivity index (χ3n) is 3.05. The summed E-state index contributed by atoms with van der Waals surface area (Å²) in [5, 5.41) is 3.17. The number of hydrogen-bond acceptors (Lipinski definition) is 2. The van der Waals surface area contributed by atoms with Crippen molar-refractivity contribution in [2.45, 2.75) is 13.3 Å². The van der Waals surface area contributed by atoms with Crippen LogP contribution in [0.4, 0.5) is 11.4 Å². The van der Waals surface area contributed by atoms with Crippen LogP contribution in [0.5, 0.6) is 0 Å². The molecule has 2 rings (SSSR count). The molecule has 1 atom stereocenters. The molecule has 19 heavy (non-hydrogen) atoms. The smallest absolute Gasteiger partial charge is 0.227 e. The lowest BCUT2D eigenvalue weighted by Crippen LogP contribution is -2.24. The average Bonchev–Trinajstić information content (AvgIpc) is 2.72. The summed E-state index contributed by atoms with van der Waals surface area (Å²) in [5.41, 5.74) is 1.25. The van der Waals surface area contributed by atoms with E-state index in [9.17, 15) is 9.59 Å². The van der Waals surface area contributed by atoms with Crippen molar-refractivity contribution >= 4 is 34.8 Å². The number of carbonyl (C=O) groups is 2. The first-order valence-electron chi connectivity index (χ1n) is 6.01. The number of nitrogens with zero attached hydrogens (tertiary/aromatic N) is 1. The van der Waals surface area contributed by atoms with Gasteiger partial charge in [-0.25, -0.2) is 0 Å². The van der Waals surface area contributed by atoms with Gasteiger partial charge in [-0.1, -0.05) is 17.7 Å². The molecule has 0 aromatic heterocycles. The van der Waals surface area contributed by atoms with E-state index in [0.717, 1.165) is 0 Å². The zero-order valence-corrected chi connectivity index (χ0v) is 11.4. The molecule has 0 spiro atoms. The minimum Gasteiger partial charge on any atom is -0.326 e. The summed E-state index contributed by atoms with van der Waals surface area (Å²) < 4.78 is 0. The lowest BCUT2D eigenvalue weighted by Gasteiger charge is -2.19. The van der Waals surface area contributed by atoms with Gasteiger partial charge in [-0.3, -0.25) is 9.59 Å². The van der Waals surface area contributed by atoms with Crippen LogP contribution < -0.4 is 10.2 Å². The maximum absolute atomic E-state index is 12.0. The van der Waals surface area contributed by atoms with Gasteiger partial charge in [-0.05, 0) is 18.2 Å². The van der Waals surface area contributed by atoms with Gasteiger partial charge in [0.25, 0.3) is 0 Å². The third-order valence-corrected chi connectivity index (χ3v) is 3.37. The predicted molar refractivity (Wildman–Crippen MR) is 76.4 cm³/mol. The molecule has 1 fully saturated rings. The maximum Gasteiger partial charge on any atom is 0.227 e. The predicted octanol–water partition coefficient (Wildman–Crippen LogP) is 2.84. The monoisotopic (exact) mass is 278 g/mol. The summed E-state index contributed by atoms with van der Waals surface area (Å²) >= 11 is 6.14. The third kappa shape index (κ3) is 2.96. The number of nitrogens with one attached hydrogen (secondary N) is 1. The first kappa shape index (κ1) is 13.6. The molecule has 0 radical (unpaired) electrons. The second-order valence-electron chi connectivity index (χ2n) is 4.55. The van der Waals surface area contributed by atoms with Crippen molar-refractivity contribution in [2.24, 2.45) is 5.92 Å². The number of rotatable bonds is 3. The van der Waals surface area contributed by atoms with E-state index in [1.165, 1.54) is 6.92 Å². The van der Waals surface area contributed by atoms with E-state index in [0.29, 0.717) is 29.4 Å². The van der Waals surface area contributed by atoms with Gasteiger partial charge in [0.15, 0.2) is 0 Å². The van der Waals surface area contributed by atoms with Crippen LogP contribution in [-0.4, -0.2) is 18.4 Å². The molecule has 1 aliphatic rings. The minimum atomic E-state index is -0.162. The molecule has 0 saturated carbocycles. The summed E-state index contributed by atoms with van der Waals surface area (Å²) in [4.78, 5) is 24.7. The van der Waals surface area contributed by atoms with Gasteiger partial charge in [-0.2, -0.15) is 0 Å². The average molecular weight is 279 g/mol. The number of hydrogen-bond donors (Lipinski definition) is 1. The summed E-state index contributed by atoms with van der Waals surface area (Å²) in [6.45, 7) is 5.72. The van der Waals surface area contributed by atoms with Crippen LogP contribution in [0, 0.1) is 5.92 Å². The van der Waals surface area contributed by atoms with Crippen molar-refractivity contribution in [2.75, 3.05) is 16.8 Å². The molecule has 4 nitrogen and oxygen atoms in total. The fourth-order valence-electron chi connectivity index (χ4n) is 2.13. The first-order valence-corrected chi connectivity index (χ1v) is 6.39. The summed E-state index contributed by atoms with van der Waals surface area (Å²) in [6, 6.07) is 5.10. The number of anilines is 2. The van der Waals surface area contributed by atoms with Crippen molar-refractivity contribution in [1.82, 2.24) is 0 Å². The fraction of sp³-hybridized carbons (Fsp3) is 0.286. The van der Waals surface area contributed by atoms with E-state index < -0.39 is 0 Å². The number of halogens is 1. The van der Waals surface area contributed by atoms with Gasteiger partial charge in [0.1, 0.15) is 0 Å². The Labute approximate surface area is 117 Å². The maximum atomic E-state index is 12.0. The van der Waals surface area contributed by atoms with E-state index in [4.69, 9.17) is 11.6 Å². The normalized spacial score (nSPS) is 18.5. The Morgan fingerprint density at radius 3 is 2.89 bits per heavy atom. The van der Waals surface area contributed by atoms with E-state index in [1.807, 2.05) is 0 Å². The SMILES string of the molecule is C=CC1CC(=O)N(c2cc(NC(C)=O)ccc2Cl)C1. The van der Waals surface area contributed by atoms with Gasteiger partial charge in [0.2, 0.25) is 11.8 Å². The molecular formula is C14H15ClN2O2. The largest absolute Gasteiger partial charge is 0.326 e. The Balaban J connectivity index is 2.31. The highest BCUT2D eigenvalue weighted by Crippen LogP contribution is 2.33. The van der Waals surface area contributed by atoms with E-state index >= 15 is 0 Å². The molecule has 1 heterocycles. The second-order valence-corrected chi connectivity index (χ2v) is 4.96. The second kappa shape index (κ2) is 5.45. The highest BCUT2D eigenvalue weighted by atomic mass is 35.5. The number of benzene rings is 1. The van der Waals surface area contributed by atoms with E-state index in [-0.39, 0.29) is 17.7 Å². The van der Waals surface area contributed by atoms with Gasteiger partial charge in [0, 0.05) is 31.5 Å². The fourth-order valence-corrected chi connectivity index (χ4v) is 2.35. The zero-order valence-electron chi connectivity index (χ0n) is 10.6. The van der Waals surface area contributed by atoms with Crippen molar-refractivity contribution < 1.29 is 9.59 Å². The molecule has 5 heteroatoms. The molecule has 100 valence electrons. The van der Waals surface area contributed by atoms with Crippen molar-refractivity contribution in [1.29, 1.82) is 0 Å². The van der Waals surface area contributed by atoms with Crippen LogP contribution in [0.15, 0.2) is 30.9 Å². The summed E-state index contributed by atoms with van der Waals surface area (Å²) in [5.74, 6) is 0.00440. The zero-order chi connectivity index (χ0) is 14.0. The molecule has 1 aliphatic heterocycles. The Hall–Kier alpha value is -1.81. The quantitative estimate of drug-likeness (QED) is 0.865. The van der Waals surface area contributed by atoms with Gasteiger partial charge >= 0.3 is 0 Å². The van der Waals surface area contributed by atoms with Crippen LogP contribution in [0.25, 0.3) is 0 Å². The van der Waals surface area contributed by atoms with E-state index in [1.54, 1.807) is 29.2 Å². The molecular weight excluding hydrogens is 264 g/mol. The van der Waals surface area contributed by atoms with Crippen LogP contribution in [0.1, 0.15) is 13.3 Å². The first-order chi connectivity index (χ1) is 9.01. The molecule has 1 N–H and O–H groups in total. The Bertz CT molecular complexity index is 542. The molecule has 1 saturated heterocycles. The number of amides is 2.